The number of ether oxygens (including phenoxy) is 1. The van der Waals surface area contributed by atoms with Crippen LogP contribution in [0, 0.1) is 0 Å². The lowest BCUT2D eigenvalue weighted by molar-refractivity contribution is -0.138. The SMILES string of the molecule is CC(C(=O)O)c1ccc(CS(=O)C2CCOC2C)cc1. The number of rotatable bonds is 5. The van der Waals surface area contributed by atoms with Crippen molar-refractivity contribution in [2.45, 2.75) is 43.3 Å². The maximum atomic E-state index is 12.3. The molecule has 0 spiro atoms. The first kappa shape index (κ1) is 15.2. The molecule has 1 aliphatic heterocycles. The molecular formula is C15H20O4S. The lowest BCUT2D eigenvalue weighted by atomic mass is 10.0. The molecule has 1 heterocycles. The van der Waals surface area contributed by atoms with Crippen molar-refractivity contribution in [3.05, 3.63) is 35.4 Å². The summed E-state index contributed by atoms with van der Waals surface area (Å²) in [5, 5.41) is 9.06. The van der Waals surface area contributed by atoms with Crippen molar-refractivity contribution in [1.29, 1.82) is 0 Å². The highest BCUT2D eigenvalue weighted by molar-refractivity contribution is 7.84. The average Bonchev–Trinajstić information content (AvgIpc) is 2.85. The Morgan fingerprint density at radius 1 is 1.45 bits per heavy atom. The van der Waals surface area contributed by atoms with Gasteiger partial charge in [-0.05, 0) is 31.4 Å². The van der Waals surface area contributed by atoms with Crippen molar-refractivity contribution in [3.63, 3.8) is 0 Å². The standard InChI is InChI=1S/C15H20O4S/c1-10(15(16)17)13-5-3-12(4-6-13)9-20(18)14-7-8-19-11(14)2/h3-6,10-11,14H,7-9H2,1-2H3,(H,16,17). The molecular weight excluding hydrogens is 276 g/mol. The van der Waals surface area contributed by atoms with Crippen LogP contribution in [0.15, 0.2) is 24.3 Å². The van der Waals surface area contributed by atoms with Crippen molar-refractivity contribution in [2.24, 2.45) is 0 Å². The summed E-state index contributed by atoms with van der Waals surface area (Å²) in [6, 6.07) is 7.35. The minimum Gasteiger partial charge on any atom is -0.481 e. The van der Waals surface area contributed by atoms with E-state index in [1.807, 2.05) is 19.1 Å². The second kappa shape index (κ2) is 6.50. The fourth-order valence-electron chi connectivity index (χ4n) is 2.37. The minimum atomic E-state index is -0.944. The van der Waals surface area contributed by atoms with E-state index in [0.29, 0.717) is 12.4 Å². The Morgan fingerprint density at radius 2 is 2.10 bits per heavy atom. The molecule has 1 saturated heterocycles. The summed E-state index contributed by atoms with van der Waals surface area (Å²) in [4.78, 5) is 10.9. The third-order valence-corrected chi connectivity index (χ3v) is 5.72. The van der Waals surface area contributed by atoms with Crippen molar-refractivity contribution >= 4 is 16.8 Å². The van der Waals surface area contributed by atoms with Gasteiger partial charge in [-0.3, -0.25) is 9.00 Å². The van der Waals surface area contributed by atoms with Gasteiger partial charge in [-0.2, -0.15) is 0 Å². The summed E-state index contributed by atoms with van der Waals surface area (Å²) >= 11 is 0. The fourth-order valence-corrected chi connectivity index (χ4v) is 3.97. The molecule has 4 nitrogen and oxygen atoms in total. The van der Waals surface area contributed by atoms with Gasteiger partial charge in [0.2, 0.25) is 0 Å². The van der Waals surface area contributed by atoms with Gasteiger partial charge in [-0.15, -0.1) is 0 Å². The lowest BCUT2D eigenvalue weighted by Crippen LogP contribution is -2.24. The molecule has 0 aliphatic carbocycles. The zero-order chi connectivity index (χ0) is 14.7. The molecule has 1 aromatic rings. The van der Waals surface area contributed by atoms with Gasteiger partial charge in [0.1, 0.15) is 0 Å². The zero-order valence-corrected chi connectivity index (χ0v) is 12.6. The number of hydrogen-bond donors (Lipinski definition) is 1. The summed E-state index contributed by atoms with van der Waals surface area (Å²) in [7, 11) is -0.944. The number of hydrogen-bond acceptors (Lipinski definition) is 3. The molecule has 5 heteroatoms. The first-order chi connectivity index (χ1) is 9.49. The molecule has 0 saturated carbocycles. The van der Waals surface area contributed by atoms with Crippen LogP contribution in [-0.4, -0.2) is 33.2 Å². The van der Waals surface area contributed by atoms with Crippen LogP contribution in [0.25, 0.3) is 0 Å². The van der Waals surface area contributed by atoms with E-state index >= 15 is 0 Å². The van der Waals surface area contributed by atoms with Crippen LogP contribution in [0.5, 0.6) is 0 Å². The van der Waals surface area contributed by atoms with Crippen LogP contribution in [-0.2, 0) is 26.1 Å². The second-order valence-electron chi connectivity index (χ2n) is 5.23. The zero-order valence-electron chi connectivity index (χ0n) is 11.7. The monoisotopic (exact) mass is 296 g/mol. The van der Waals surface area contributed by atoms with E-state index in [4.69, 9.17) is 9.84 Å². The smallest absolute Gasteiger partial charge is 0.310 e. The largest absolute Gasteiger partial charge is 0.481 e. The molecule has 20 heavy (non-hydrogen) atoms. The van der Waals surface area contributed by atoms with Gasteiger partial charge in [0.15, 0.2) is 0 Å². The Hall–Kier alpha value is -1.20. The Labute approximate surface area is 121 Å². The van der Waals surface area contributed by atoms with E-state index in [2.05, 4.69) is 0 Å². The van der Waals surface area contributed by atoms with Crippen molar-refractivity contribution < 1.29 is 18.8 Å². The van der Waals surface area contributed by atoms with Gasteiger partial charge in [-0.25, -0.2) is 0 Å². The summed E-state index contributed by atoms with van der Waals surface area (Å²) in [5.74, 6) is -0.851. The van der Waals surface area contributed by atoms with Gasteiger partial charge in [0, 0.05) is 23.2 Å². The van der Waals surface area contributed by atoms with Crippen molar-refractivity contribution in [1.82, 2.24) is 0 Å². The molecule has 0 radical (unpaired) electrons. The maximum absolute atomic E-state index is 12.3. The third kappa shape index (κ3) is 3.46. The molecule has 1 aliphatic rings. The van der Waals surface area contributed by atoms with Crippen LogP contribution >= 0.6 is 0 Å². The molecule has 4 unspecified atom stereocenters. The fraction of sp³-hybridized carbons (Fsp3) is 0.533. The van der Waals surface area contributed by atoms with E-state index in [0.717, 1.165) is 17.5 Å². The molecule has 1 fully saturated rings. The van der Waals surface area contributed by atoms with Gasteiger partial charge >= 0.3 is 5.97 Å². The Balaban J connectivity index is 2.00. The van der Waals surface area contributed by atoms with Crippen LogP contribution in [0.4, 0.5) is 0 Å². The number of carbonyl (C=O) groups is 1. The van der Waals surface area contributed by atoms with E-state index in [1.54, 1.807) is 19.1 Å². The van der Waals surface area contributed by atoms with E-state index in [1.165, 1.54) is 0 Å². The first-order valence-electron chi connectivity index (χ1n) is 6.79. The second-order valence-corrected chi connectivity index (χ2v) is 6.89. The predicted molar refractivity (Wildman–Crippen MR) is 78.2 cm³/mol. The maximum Gasteiger partial charge on any atom is 0.310 e. The van der Waals surface area contributed by atoms with Crippen LogP contribution < -0.4 is 0 Å². The summed E-state index contributed by atoms with van der Waals surface area (Å²) < 4.78 is 17.7. The van der Waals surface area contributed by atoms with Crippen LogP contribution in [0.3, 0.4) is 0 Å². The van der Waals surface area contributed by atoms with E-state index in [9.17, 15) is 9.00 Å². The van der Waals surface area contributed by atoms with Crippen molar-refractivity contribution in [2.75, 3.05) is 6.61 Å². The van der Waals surface area contributed by atoms with Crippen molar-refractivity contribution in [3.8, 4) is 0 Å². The van der Waals surface area contributed by atoms with Crippen LogP contribution in [0.2, 0.25) is 0 Å². The van der Waals surface area contributed by atoms with E-state index in [-0.39, 0.29) is 11.4 Å². The van der Waals surface area contributed by atoms with Gasteiger partial charge in [-0.1, -0.05) is 24.3 Å². The van der Waals surface area contributed by atoms with Gasteiger partial charge in [0.25, 0.3) is 0 Å². The molecule has 1 aromatic carbocycles. The molecule has 0 aromatic heterocycles. The summed E-state index contributed by atoms with van der Waals surface area (Å²) in [6.07, 6.45) is 0.907. The number of carboxylic acid groups (broad SMARTS) is 1. The van der Waals surface area contributed by atoms with Crippen LogP contribution in [0.1, 0.15) is 37.3 Å². The highest BCUT2D eigenvalue weighted by atomic mass is 32.2. The number of carboxylic acids is 1. The predicted octanol–water partition coefficient (Wildman–Crippen LogP) is 2.30. The molecule has 1 N–H and O–H groups in total. The lowest BCUT2D eigenvalue weighted by Gasteiger charge is -2.14. The molecule has 110 valence electrons. The first-order valence-corrected chi connectivity index (χ1v) is 8.17. The molecule has 4 atom stereocenters. The van der Waals surface area contributed by atoms with Gasteiger partial charge < -0.3 is 9.84 Å². The Morgan fingerprint density at radius 3 is 2.60 bits per heavy atom. The third-order valence-electron chi connectivity index (χ3n) is 3.80. The number of benzene rings is 1. The quantitative estimate of drug-likeness (QED) is 0.905. The van der Waals surface area contributed by atoms with Gasteiger partial charge in [0.05, 0.1) is 17.3 Å². The summed E-state index contributed by atoms with van der Waals surface area (Å²) in [5.41, 5.74) is 1.74. The molecule has 0 bridgehead atoms. The molecule has 0 amide bonds. The average molecular weight is 296 g/mol. The highest BCUT2D eigenvalue weighted by Gasteiger charge is 2.29. The minimum absolute atomic E-state index is 0.0575. The Bertz CT molecular complexity index is 497. The normalized spacial score (nSPS) is 25.3. The molecule has 2 rings (SSSR count). The number of aliphatic carboxylic acids is 1. The Kier molecular flexibility index (Phi) is 4.94. The highest BCUT2D eigenvalue weighted by Crippen LogP contribution is 2.22. The topological polar surface area (TPSA) is 63.6 Å². The summed E-state index contributed by atoms with van der Waals surface area (Å²) in [6.45, 7) is 4.31. The van der Waals surface area contributed by atoms with E-state index < -0.39 is 22.7 Å².